The molecule has 74 heavy (non-hydrogen) atoms. The predicted octanol–water partition coefficient (Wildman–Crippen LogP) is 18.5. The van der Waals surface area contributed by atoms with Crippen LogP contribution < -0.4 is 9.80 Å². The van der Waals surface area contributed by atoms with E-state index < -0.39 is 10.8 Å². The Kier molecular flexibility index (Phi) is 8.62. The highest BCUT2D eigenvalue weighted by atomic mass is 15.1. The molecule has 2 heteroatoms. The average Bonchev–Trinajstić information content (AvgIpc) is 4.19. The van der Waals surface area contributed by atoms with Crippen molar-refractivity contribution in [1.82, 2.24) is 0 Å². The standard InChI is InChI=1S/C72H46N2/c1-4-22-47(23-5-1)73(48-24-6-2-7-25-48)50-40-42-58-55-31-15-20-38-65(55)72(68(58)44-50)66-39-21-16-32-56(66)61-46-69(59-33-10-11-34-60(59)70(61)72)74(49-26-8-3-9-27-49)51-41-43-57-54-30-14-19-37-64(54)71(67(57)45-51)62-35-17-12-28-52(62)53-29-13-18-36-63(53)71/h1-46H. The van der Waals surface area contributed by atoms with Gasteiger partial charge in [-0.3, -0.25) is 0 Å². The van der Waals surface area contributed by atoms with Crippen molar-refractivity contribution in [2.75, 3.05) is 9.80 Å². The van der Waals surface area contributed by atoms with Gasteiger partial charge in [0, 0.05) is 33.8 Å². The van der Waals surface area contributed by atoms with Gasteiger partial charge in [0.15, 0.2) is 0 Å². The molecule has 344 valence electrons. The van der Waals surface area contributed by atoms with Gasteiger partial charge < -0.3 is 9.80 Å². The fourth-order valence-electron chi connectivity index (χ4n) is 14.1. The Bertz CT molecular complexity index is 4170. The van der Waals surface area contributed by atoms with E-state index in [0.29, 0.717) is 0 Å². The molecule has 2 spiro atoms. The molecule has 0 radical (unpaired) electrons. The number of fused-ring (bicyclic) bond motifs is 22. The first-order chi connectivity index (χ1) is 36.7. The molecule has 4 aliphatic carbocycles. The van der Waals surface area contributed by atoms with Crippen LogP contribution in [0.1, 0.15) is 44.5 Å². The molecule has 0 aromatic heterocycles. The van der Waals surface area contributed by atoms with Crippen LogP contribution in [0.4, 0.5) is 34.1 Å². The first-order valence-corrected chi connectivity index (χ1v) is 25.8. The Balaban J connectivity index is 0.967. The molecule has 2 nitrogen and oxygen atoms in total. The van der Waals surface area contributed by atoms with E-state index in [1.807, 2.05) is 0 Å². The highest BCUT2D eigenvalue weighted by molar-refractivity contribution is 6.11. The first-order valence-electron chi connectivity index (χ1n) is 25.8. The van der Waals surface area contributed by atoms with E-state index in [9.17, 15) is 0 Å². The van der Waals surface area contributed by atoms with Crippen LogP contribution in [0.2, 0.25) is 0 Å². The van der Waals surface area contributed by atoms with Gasteiger partial charge >= 0.3 is 0 Å². The number of nitrogens with zero attached hydrogens (tertiary/aromatic N) is 2. The molecule has 12 aromatic carbocycles. The van der Waals surface area contributed by atoms with Gasteiger partial charge in [-0.2, -0.15) is 0 Å². The number of para-hydroxylation sites is 3. The van der Waals surface area contributed by atoms with Crippen LogP contribution in [-0.4, -0.2) is 0 Å². The van der Waals surface area contributed by atoms with E-state index in [-0.39, 0.29) is 0 Å². The summed E-state index contributed by atoms with van der Waals surface area (Å²) in [6.07, 6.45) is 0. The smallest absolute Gasteiger partial charge is 0.0732 e. The van der Waals surface area contributed by atoms with Crippen LogP contribution in [0.5, 0.6) is 0 Å². The SMILES string of the molecule is c1ccc(N(c2ccccc2)c2ccc3c(c2)C2(c4ccccc4-3)c3ccccc3-c3cc(N(c4ccccc4)c4ccc5c(c4)C4(c6ccccc6-c6ccccc64)c4ccccc4-5)c4ccccc4c32)cc1. The molecule has 0 N–H and O–H groups in total. The molecule has 1 unspecified atom stereocenters. The minimum Gasteiger partial charge on any atom is -0.310 e. The van der Waals surface area contributed by atoms with Gasteiger partial charge in [0.2, 0.25) is 0 Å². The maximum atomic E-state index is 2.53. The number of hydrogen-bond acceptors (Lipinski definition) is 2. The third kappa shape index (κ3) is 5.33. The zero-order valence-electron chi connectivity index (χ0n) is 40.5. The van der Waals surface area contributed by atoms with E-state index in [4.69, 9.17) is 0 Å². The molecular formula is C72H46N2. The second-order valence-electron chi connectivity index (χ2n) is 20.2. The summed E-state index contributed by atoms with van der Waals surface area (Å²) in [5, 5.41) is 2.45. The number of anilines is 6. The third-order valence-corrected chi connectivity index (χ3v) is 16.8. The van der Waals surface area contributed by atoms with Crippen LogP contribution in [0, 0.1) is 0 Å². The van der Waals surface area contributed by atoms with Gasteiger partial charge in [-0.15, -0.1) is 0 Å². The predicted molar refractivity (Wildman–Crippen MR) is 306 cm³/mol. The van der Waals surface area contributed by atoms with E-state index >= 15 is 0 Å². The van der Waals surface area contributed by atoms with Crippen molar-refractivity contribution in [3.63, 3.8) is 0 Å². The Morgan fingerprint density at radius 3 is 0.986 bits per heavy atom. The Hall–Kier alpha value is -9.50. The summed E-state index contributed by atoms with van der Waals surface area (Å²) in [6, 6.07) is 105. The Morgan fingerprint density at radius 1 is 0.203 bits per heavy atom. The average molecular weight is 939 g/mol. The second-order valence-corrected chi connectivity index (χ2v) is 20.2. The van der Waals surface area contributed by atoms with E-state index in [0.717, 1.165) is 34.1 Å². The van der Waals surface area contributed by atoms with Gasteiger partial charge in [0.05, 0.1) is 16.5 Å². The minimum atomic E-state index is -0.600. The molecule has 4 aliphatic rings. The van der Waals surface area contributed by atoms with Crippen LogP contribution in [0.25, 0.3) is 55.3 Å². The van der Waals surface area contributed by atoms with Gasteiger partial charge in [-0.1, -0.05) is 212 Å². The molecule has 0 heterocycles. The van der Waals surface area contributed by atoms with E-state index in [1.54, 1.807) is 0 Å². The lowest BCUT2D eigenvalue weighted by atomic mass is 9.69. The van der Waals surface area contributed by atoms with Crippen molar-refractivity contribution in [3.05, 3.63) is 324 Å². The summed E-state index contributed by atoms with van der Waals surface area (Å²) in [5.74, 6) is 0. The van der Waals surface area contributed by atoms with E-state index in [2.05, 4.69) is 289 Å². The van der Waals surface area contributed by atoms with Crippen molar-refractivity contribution in [1.29, 1.82) is 0 Å². The second kappa shape index (κ2) is 15.5. The van der Waals surface area contributed by atoms with Crippen molar-refractivity contribution in [2.45, 2.75) is 10.8 Å². The lowest BCUT2D eigenvalue weighted by Crippen LogP contribution is -2.27. The summed E-state index contributed by atoms with van der Waals surface area (Å²) in [7, 11) is 0. The minimum absolute atomic E-state index is 0.471. The van der Waals surface area contributed by atoms with Crippen LogP contribution >= 0.6 is 0 Å². The van der Waals surface area contributed by atoms with Gasteiger partial charge in [0.25, 0.3) is 0 Å². The van der Waals surface area contributed by atoms with Crippen molar-refractivity contribution in [2.24, 2.45) is 0 Å². The Labute approximate surface area is 431 Å². The zero-order chi connectivity index (χ0) is 48.5. The molecule has 0 saturated heterocycles. The first kappa shape index (κ1) is 41.2. The molecule has 0 bridgehead atoms. The molecule has 0 saturated carbocycles. The topological polar surface area (TPSA) is 6.48 Å². The molecular weight excluding hydrogens is 893 g/mol. The number of benzene rings is 12. The largest absolute Gasteiger partial charge is 0.310 e. The van der Waals surface area contributed by atoms with Crippen molar-refractivity contribution in [3.8, 4) is 44.5 Å². The van der Waals surface area contributed by atoms with Gasteiger partial charge in [-0.05, 0) is 161 Å². The van der Waals surface area contributed by atoms with Gasteiger partial charge in [0.1, 0.15) is 0 Å². The summed E-state index contributed by atoms with van der Waals surface area (Å²) in [6.45, 7) is 0. The van der Waals surface area contributed by atoms with Gasteiger partial charge in [-0.25, -0.2) is 0 Å². The van der Waals surface area contributed by atoms with Crippen LogP contribution in [0.3, 0.4) is 0 Å². The molecule has 0 amide bonds. The summed E-state index contributed by atoms with van der Waals surface area (Å²) < 4.78 is 0. The monoisotopic (exact) mass is 938 g/mol. The maximum Gasteiger partial charge on any atom is 0.0732 e. The molecule has 0 fully saturated rings. The lowest BCUT2D eigenvalue weighted by molar-refractivity contribution is 0.793. The summed E-state index contributed by atoms with van der Waals surface area (Å²) in [5.41, 5.74) is 26.6. The quantitative estimate of drug-likeness (QED) is 0.164. The van der Waals surface area contributed by atoms with Crippen LogP contribution in [0.15, 0.2) is 279 Å². The molecule has 16 rings (SSSR count). The maximum absolute atomic E-state index is 2.53. The zero-order valence-corrected chi connectivity index (χ0v) is 40.5. The van der Waals surface area contributed by atoms with Crippen molar-refractivity contribution < 1.29 is 0 Å². The number of hydrogen-bond donors (Lipinski definition) is 0. The Morgan fingerprint density at radius 2 is 0.527 bits per heavy atom. The highest BCUT2D eigenvalue weighted by Crippen LogP contribution is 2.67. The van der Waals surface area contributed by atoms with Crippen LogP contribution in [-0.2, 0) is 10.8 Å². The highest BCUT2D eigenvalue weighted by Gasteiger charge is 2.54. The fraction of sp³-hybridized carbons (Fsp3) is 0.0278. The van der Waals surface area contributed by atoms with Crippen molar-refractivity contribution >= 4 is 44.9 Å². The fourth-order valence-corrected chi connectivity index (χ4v) is 14.1. The normalized spacial score (nSPS) is 15.2. The molecule has 0 aliphatic heterocycles. The summed E-state index contributed by atoms with van der Waals surface area (Å²) >= 11 is 0. The molecule has 1 atom stereocenters. The lowest BCUT2D eigenvalue weighted by Gasteiger charge is -2.34. The van der Waals surface area contributed by atoms with E-state index in [1.165, 1.54) is 99.8 Å². The number of rotatable bonds is 6. The summed E-state index contributed by atoms with van der Waals surface area (Å²) in [4.78, 5) is 4.94. The third-order valence-electron chi connectivity index (χ3n) is 16.8. The molecule has 12 aromatic rings.